The van der Waals surface area contributed by atoms with Gasteiger partial charge in [-0.2, -0.15) is 0 Å². The van der Waals surface area contributed by atoms with E-state index in [1.807, 2.05) is 18.2 Å². The Bertz CT molecular complexity index is 1170. The first-order valence-electron chi connectivity index (χ1n) is 6.96. The average Bonchev–Trinajstić information content (AvgIpc) is 2.97. The fourth-order valence-corrected chi connectivity index (χ4v) is 5.00. The third kappa shape index (κ3) is 2.60. The molecule has 0 aliphatic heterocycles. The van der Waals surface area contributed by atoms with E-state index in [2.05, 4.69) is 14.7 Å². The molecule has 0 saturated carbocycles. The van der Waals surface area contributed by atoms with Crippen molar-refractivity contribution in [2.75, 3.05) is 4.72 Å². The number of hydrogen-bond donors (Lipinski definition) is 1. The van der Waals surface area contributed by atoms with Crippen LogP contribution in [0.1, 0.15) is 0 Å². The van der Waals surface area contributed by atoms with Crippen molar-refractivity contribution in [2.45, 2.75) is 4.90 Å². The first-order valence-corrected chi connectivity index (χ1v) is 9.64. The molecule has 24 heavy (non-hydrogen) atoms. The van der Waals surface area contributed by atoms with Crippen LogP contribution < -0.4 is 4.72 Å². The Hall–Kier alpha value is -2.22. The van der Waals surface area contributed by atoms with E-state index in [1.165, 1.54) is 17.4 Å². The number of thiazole rings is 1. The summed E-state index contributed by atoms with van der Waals surface area (Å²) in [7, 11) is -3.81. The lowest BCUT2D eigenvalue weighted by atomic mass is 10.2. The van der Waals surface area contributed by atoms with Gasteiger partial charge in [0.15, 0.2) is 5.13 Å². The van der Waals surface area contributed by atoms with Crippen LogP contribution >= 0.6 is 22.9 Å². The van der Waals surface area contributed by atoms with E-state index < -0.39 is 10.0 Å². The predicted octanol–water partition coefficient (Wildman–Crippen LogP) is 4.30. The summed E-state index contributed by atoms with van der Waals surface area (Å²) in [5, 5.41) is 1.51. The molecule has 4 aromatic rings. The van der Waals surface area contributed by atoms with Crippen molar-refractivity contribution < 1.29 is 8.42 Å². The molecule has 2 aromatic carbocycles. The molecule has 0 aliphatic rings. The summed E-state index contributed by atoms with van der Waals surface area (Å²) < 4.78 is 28.9. The molecule has 4 rings (SSSR count). The van der Waals surface area contributed by atoms with Gasteiger partial charge >= 0.3 is 0 Å². The maximum absolute atomic E-state index is 12.8. The Morgan fingerprint density at radius 2 is 1.79 bits per heavy atom. The van der Waals surface area contributed by atoms with Gasteiger partial charge in [-0.15, -0.1) is 0 Å². The third-order valence-electron chi connectivity index (χ3n) is 3.48. The summed E-state index contributed by atoms with van der Waals surface area (Å²) >= 11 is 7.33. The van der Waals surface area contributed by atoms with Crippen LogP contribution in [0.25, 0.3) is 21.1 Å². The lowest BCUT2D eigenvalue weighted by molar-refractivity contribution is 0.602. The molecule has 5 nitrogen and oxygen atoms in total. The molecule has 0 spiro atoms. The zero-order valence-corrected chi connectivity index (χ0v) is 14.5. The lowest BCUT2D eigenvalue weighted by Crippen LogP contribution is -2.13. The van der Waals surface area contributed by atoms with E-state index in [4.69, 9.17) is 11.6 Å². The van der Waals surface area contributed by atoms with E-state index in [0.717, 1.165) is 10.1 Å². The molecule has 0 fully saturated rings. The van der Waals surface area contributed by atoms with Gasteiger partial charge in [0.05, 0.1) is 15.2 Å². The highest BCUT2D eigenvalue weighted by Crippen LogP contribution is 2.32. The van der Waals surface area contributed by atoms with Gasteiger partial charge in [-0.1, -0.05) is 47.2 Å². The van der Waals surface area contributed by atoms with Gasteiger partial charge in [0.2, 0.25) is 0 Å². The predicted molar refractivity (Wildman–Crippen MR) is 97.2 cm³/mol. The summed E-state index contributed by atoms with van der Waals surface area (Å²) in [5.74, 6) is 0. The van der Waals surface area contributed by atoms with Crippen LogP contribution in [0, 0.1) is 0 Å². The number of rotatable bonds is 3. The van der Waals surface area contributed by atoms with Crippen LogP contribution in [-0.4, -0.2) is 18.4 Å². The molecular formula is C16H10ClN3O2S2. The number of halogens is 1. The molecule has 0 radical (unpaired) electrons. The number of sulfonamides is 1. The largest absolute Gasteiger partial charge is 0.265 e. The number of anilines is 1. The second kappa shape index (κ2) is 5.70. The van der Waals surface area contributed by atoms with Crippen molar-refractivity contribution in [2.24, 2.45) is 0 Å². The normalized spacial score (nSPS) is 11.9. The smallest absolute Gasteiger partial charge is 0.255 e. The van der Waals surface area contributed by atoms with Gasteiger partial charge in [0.1, 0.15) is 10.4 Å². The standard InChI is InChI=1S/C16H10ClN3O2S2/c17-11-6-2-7-12-15(11)19-16(23-12)20-24(21,22)13-8-1-4-10-5-3-9-18-14(10)13/h1-9H,(H,19,20). The SMILES string of the molecule is O=S(=O)(Nc1nc2c(Cl)cccc2s1)c1cccc2cccnc12. The van der Waals surface area contributed by atoms with E-state index >= 15 is 0 Å². The molecule has 0 aliphatic carbocycles. The summed E-state index contributed by atoms with van der Waals surface area (Å²) in [6, 6.07) is 14.0. The van der Waals surface area contributed by atoms with Gasteiger partial charge < -0.3 is 0 Å². The molecule has 0 saturated heterocycles. The number of fused-ring (bicyclic) bond motifs is 2. The fourth-order valence-electron chi connectivity index (χ4n) is 2.42. The first-order chi connectivity index (χ1) is 11.5. The maximum atomic E-state index is 12.8. The van der Waals surface area contributed by atoms with Crippen molar-refractivity contribution in [1.82, 2.24) is 9.97 Å². The summed E-state index contributed by atoms with van der Waals surface area (Å²) in [6.45, 7) is 0. The number of para-hydroxylation sites is 2. The van der Waals surface area contributed by atoms with E-state index in [0.29, 0.717) is 16.1 Å². The van der Waals surface area contributed by atoms with Gasteiger partial charge in [-0.3, -0.25) is 9.71 Å². The second-order valence-corrected chi connectivity index (χ2v) is 8.13. The minimum absolute atomic E-state index is 0.117. The molecular weight excluding hydrogens is 366 g/mol. The minimum Gasteiger partial charge on any atom is -0.255 e. The van der Waals surface area contributed by atoms with Gasteiger partial charge in [-0.05, 0) is 24.3 Å². The fraction of sp³-hybridized carbons (Fsp3) is 0. The van der Waals surface area contributed by atoms with Gasteiger partial charge in [0.25, 0.3) is 10.0 Å². The van der Waals surface area contributed by atoms with Crippen molar-refractivity contribution in [1.29, 1.82) is 0 Å². The third-order valence-corrected chi connectivity index (χ3v) is 6.22. The number of nitrogens with one attached hydrogen (secondary N) is 1. The zero-order chi connectivity index (χ0) is 16.7. The first kappa shape index (κ1) is 15.3. The van der Waals surface area contributed by atoms with Crippen LogP contribution in [0.3, 0.4) is 0 Å². The Labute approximate surface area is 147 Å². The summed E-state index contributed by atoms with van der Waals surface area (Å²) in [5.41, 5.74) is 1.00. The molecule has 8 heteroatoms. The quantitative estimate of drug-likeness (QED) is 0.579. The summed E-state index contributed by atoms with van der Waals surface area (Å²) in [6.07, 6.45) is 1.57. The Kier molecular flexibility index (Phi) is 3.64. The van der Waals surface area contributed by atoms with Crippen LogP contribution in [0.15, 0.2) is 59.6 Å². The highest BCUT2D eigenvalue weighted by atomic mass is 35.5. The van der Waals surface area contributed by atoms with Crippen molar-refractivity contribution >= 4 is 59.2 Å². The molecule has 2 aromatic heterocycles. The van der Waals surface area contributed by atoms with Crippen LogP contribution in [0.4, 0.5) is 5.13 Å². The van der Waals surface area contributed by atoms with Crippen LogP contribution in [0.2, 0.25) is 5.02 Å². The zero-order valence-electron chi connectivity index (χ0n) is 12.1. The van der Waals surface area contributed by atoms with Crippen molar-refractivity contribution in [3.63, 3.8) is 0 Å². The lowest BCUT2D eigenvalue weighted by Gasteiger charge is -2.07. The topological polar surface area (TPSA) is 72.0 Å². The van der Waals surface area contributed by atoms with E-state index in [9.17, 15) is 8.42 Å². The van der Waals surface area contributed by atoms with E-state index in [-0.39, 0.29) is 10.0 Å². The molecule has 1 N–H and O–H groups in total. The van der Waals surface area contributed by atoms with Crippen LogP contribution in [0.5, 0.6) is 0 Å². The highest BCUT2D eigenvalue weighted by Gasteiger charge is 2.20. The molecule has 0 bridgehead atoms. The van der Waals surface area contributed by atoms with E-state index in [1.54, 1.807) is 30.5 Å². The number of pyridine rings is 1. The number of hydrogen-bond acceptors (Lipinski definition) is 5. The van der Waals surface area contributed by atoms with Gasteiger partial charge in [-0.25, -0.2) is 13.4 Å². The molecule has 0 unspecified atom stereocenters. The number of benzene rings is 2. The van der Waals surface area contributed by atoms with Crippen molar-refractivity contribution in [3.05, 3.63) is 59.8 Å². The average molecular weight is 376 g/mol. The molecule has 120 valence electrons. The minimum atomic E-state index is -3.81. The molecule has 0 amide bonds. The molecule has 2 heterocycles. The Morgan fingerprint density at radius 3 is 2.62 bits per heavy atom. The molecule has 0 atom stereocenters. The highest BCUT2D eigenvalue weighted by molar-refractivity contribution is 7.93. The Balaban J connectivity index is 1.80. The number of nitrogens with zero attached hydrogens (tertiary/aromatic N) is 2. The second-order valence-electron chi connectivity index (χ2n) is 5.04. The monoisotopic (exact) mass is 375 g/mol. The van der Waals surface area contributed by atoms with Gasteiger partial charge in [0, 0.05) is 11.6 Å². The maximum Gasteiger partial charge on any atom is 0.265 e. The van der Waals surface area contributed by atoms with Crippen LogP contribution in [-0.2, 0) is 10.0 Å². The Morgan fingerprint density at radius 1 is 1.00 bits per heavy atom. The van der Waals surface area contributed by atoms with Crippen molar-refractivity contribution in [3.8, 4) is 0 Å². The summed E-state index contributed by atoms with van der Waals surface area (Å²) in [4.78, 5) is 8.58. The number of aromatic nitrogens is 2.